The summed E-state index contributed by atoms with van der Waals surface area (Å²) in [6.07, 6.45) is 3.68. The summed E-state index contributed by atoms with van der Waals surface area (Å²) in [4.78, 5) is 0. The average molecular weight is 267 g/mol. The number of benzene rings is 1. The molecule has 19 heavy (non-hydrogen) atoms. The SMILES string of the molecule is CCCCCNCc1c(OC)cc(OC)cc1OC. The summed E-state index contributed by atoms with van der Waals surface area (Å²) in [6, 6.07) is 3.76. The highest BCUT2D eigenvalue weighted by molar-refractivity contribution is 5.50. The van der Waals surface area contributed by atoms with Crippen LogP contribution in [0.2, 0.25) is 0 Å². The third-order valence-electron chi connectivity index (χ3n) is 3.08. The van der Waals surface area contributed by atoms with E-state index >= 15 is 0 Å². The molecular weight excluding hydrogens is 242 g/mol. The van der Waals surface area contributed by atoms with Crippen molar-refractivity contribution in [1.82, 2.24) is 5.32 Å². The van der Waals surface area contributed by atoms with E-state index in [0.29, 0.717) is 0 Å². The molecule has 0 saturated heterocycles. The van der Waals surface area contributed by atoms with E-state index in [1.165, 1.54) is 19.3 Å². The van der Waals surface area contributed by atoms with Gasteiger partial charge in [-0.1, -0.05) is 19.8 Å². The van der Waals surface area contributed by atoms with E-state index in [-0.39, 0.29) is 0 Å². The maximum Gasteiger partial charge on any atom is 0.130 e. The molecule has 0 radical (unpaired) electrons. The highest BCUT2D eigenvalue weighted by Gasteiger charge is 2.12. The van der Waals surface area contributed by atoms with E-state index in [4.69, 9.17) is 14.2 Å². The summed E-state index contributed by atoms with van der Waals surface area (Å²) in [7, 11) is 4.96. The number of rotatable bonds is 9. The van der Waals surface area contributed by atoms with Gasteiger partial charge < -0.3 is 19.5 Å². The van der Waals surface area contributed by atoms with Crippen LogP contribution in [0.25, 0.3) is 0 Å². The Kier molecular flexibility index (Phi) is 7.11. The molecular formula is C15H25NO3. The first-order valence-electron chi connectivity index (χ1n) is 6.76. The zero-order valence-electron chi connectivity index (χ0n) is 12.4. The fourth-order valence-electron chi connectivity index (χ4n) is 1.97. The van der Waals surface area contributed by atoms with Gasteiger partial charge >= 0.3 is 0 Å². The summed E-state index contributed by atoms with van der Waals surface area (Å²) in [5, 5.41) is 3.42. The molecule has 4 heteroatoms. The van der Waals surface area contributed by atoms with Gasteiger partial charge in [0.05, 0.1) is 26.9 Å². The van der Waals surface area contributed by atoms with Crippen molar-refractivity contribution in [2.45, 2.75) is 32.7 Å². The van der Waals surface area contributed by atoms with Crippen LogP contribution in [0.3, 0.4) is 0 Å². The third-order valence-corrected chi connectivity index (χ3v) is 3.08. The Morgan fingerprint density at radius 3 is 2.05 bits per heavy atom. The zero-order chi connectivity index (χ0) is 14.1. The molecule has 1 rings (SSSR count). The van der Waals surface area contributed by atoms with Gasteiger partial charge in [-0.05, 0) is 13.0 Å². The minimum absolute atomic E-state index is 0.736. The van der Waals surface area contributed by atoms with E-state index in [1.54, 1.807) is 21.3 Å². The highest BCUT2D eigenvalue weighted by Crippen LogP contribution is 2.33. The number of nitrogens with one attached hydrogen (secondary N) is 1. The average Bonchev–Trinajstić information content (AvgIpc) is 2.46. The molecule has 1 aromatic rings. The van der Waals surface area contributed by atoms with Crippen LogP contribution < -0.4 is 19.5 Å². The molecule has 108 valence electrons. The molecule has 0 amide bonds. The number of hydrogen-bond donors (Lipinski definition) is 1. The first-order valence-corrected chi connectivity index (χ1v) is 6.76. The van der Waals surface area contributed by atoms with Crippen molar-refractivity contribution in [2.24, 2.45) is 0 Å². The summed E-state index contributed by atoms with van der Waals surface area (Å²) in [5.41, 5.74) is 1.03. The first kappa shape index (κ1) is 15.6. The van der Waals surface area contributed by atoms with E-state index in [1.807, 2.05) is 12.1 Å². The van der Waals surface area contributed by atoms with Crippen molar-refractivity contribution in [3.8, 4) is 17.2 Å². The van der Waals surface area contributed by atoms with Crippen molar-refractivity contribution in [3.05, 3.63) is 17.7 Å². The van der Waals surface area contributed by atoms with Crippen LogP contribution in [0.1, 0.15) is 31.7 Å². The van der Waals surface area contributed by atoms with E-state index in [0.717, 1.165) is 35.9 Å². The van der Waals surface area contributed by atoms with E-state index in [9.17, 15) is 0 Å². The molecule has 0 aromatic heterocycles. The van der Waals surface area contributed by atoms with Crippen LogP contribution in [0.5, 0.6) is 17.2 Å². The fraction of sp³-hybridized carbons (Fsp3) is 0.600. The Morgan fingerprint density at radius 2 is 1.58 bits per heavy atom. The van der Waals surface area contributed by atoms with Crippen LogP contribution in [0.4, 0.5) is 0 Å². The highest BCUT2D eigenvalue weighted by atomic mass is 16.5. The Labute approximate surface area is 116 Å². The van der Waals surface area contributed by atoms with Gasteiger partial charge in [0.2, 0.25) is 0 Å². The van der Waals surface area contributed by atoms with Gasteiger partial charge in [-0.2, -0.15) is 0 Å². The van der Waals surface area contributed by atoms with Crippen molar-refractivity contribution in [3.63, 3.8) is 0 Å². The lowest BCUT2D eigenvalue weighted by molar-refractivity contribution is 0.366. The van der Waals surface area contributed by atoms with E-state index in [2.05, 4.69) is 12.2 Å². The number of hydrogen-bond acceptors (Lipinski definition) is 4. The standard InChI is InChI=1S/C15H25NO3/c1-5-6-7-8-16-11-13-14(18-3)9-12(17-2)10-15(13)19-4/h9-10,16H,5-8,11H2,1-4H3. The smallest absolute Gasteiger partial charge is 0.130 e. The molecule has 0 unspecified atom stereocenters. The molecule has 0 saturated carbocycles. The predicted octanol–water partition coefficient (Wildman–Crippen LogP) is 2.99. The van der Waals surface area contributed by atoms with Crippen molar-refractivity contribution >= 4 is 0 Å². The van der Waals surface area contributed by atoms with Crippen molar-refractivity contribution in [1.29, 1.82) is 0 Å². The van der Waals surface area contributed by atoms with Crippen molar-refractivity contribution in [2.75, 3.05) is 27.9 Å². The maximum atomic E-state index is 5.41. The normalized spacial score (nSPS) is 10.3. The van der Waals surface area contributed by atoms with Gasteiger partial charge in [-0.3, -0.25) is 0 Å². The van der Waals surface area contributed by atoms with Crippen LogP contribution in [0.15, 0.2) is 12.1 Å². The second-order valence-electron chi connectivity index (χ2n) is 4.39. The molecule has 0 atom stereocenters. The predicted molar refractivity (Wildman–Crippen MR) is 77.3 cm³/mol. The van der Waals surface area contributed by atoms with Crippen LogP contribution in [0, 0.1) is 0 Å². The minimum atomic E-state index is 0.736. The summed E-state index contributed by atoms with van der Waals surface area (Å²) in [6.45, 7) is 3.95. The Morgan fingerprint density at radius 1 is 0.947 bits per heavy atom. The molecule has 0 fully saturated rings. The zero-order valence-corrected chi connectivity index (χ0v) is 12.4. The fourth-order valence-corrected chi connectivity index (χ4v) is 1.97. The van der Waals surface area contributed by atoms with Crippen molar-refractivity contribution < 1.29 is 14.2 Å². The molecule has 1 aromatic carbocycles. The molecule has 0 aliphatic carbocycles. The molecule has 0 spiro atoms. The van der Waals surface area contributed by atoms with Gasteiger partial charge in [-0.15, -0.1) is 0 Å². The number of methoxy groups -OCH3 is 3. The second-order valence-corrected chi connectivity index (χ2v) is 4.39. The Hall–Kier alpha value is -1.42. The quantitative estimate of drug-likeness (QED) is 0.698. The molecule has 1 N–H and O–H groups in total. The van der Waals surface area contributed by atoms with E-state index < -0.39 is 0 Å². The van der Waals surface area contributed by atoms with Gasteiger partial charge in [0, 0.05) is 18.7 Å². The molecule has 0 aliphatic heterocycles. The minimum Gasteiger partial charge on any atom is -0.496 e. The monoisotopic (exact) mass is 267 g/mol. The molecule has 0 bridgehead atoms. The largest absolute Gasteiger partial charge is 0.496 e. The Bertz CT molecular complexity index is 355. The van der Waals surface area contributed by atoms with Gasteiger partial charge in [0.15, 0.2) is 0 Å². The van der Waals surface area contributed by atoms with Gasteiger partial charge in [-0.25, -0.2) is 0 Å². The topological polar surface area (TPSA) is 39.7 Å². The first-order chi connectivity index (χ1) is 9.26. The number of unbranched alkanes of at least 4 members (excludes halogenated alkanes) is 2. The molecule has 4 nitrogen and oxygen atoms in total. The van der Waals surface area contributed by atoms with Crippen LogP contribution in [-0.4, -0.2) is 27.9 Å². The maximum absolute atomic E-state index is 5.41. The van der Waals surface area contributed by atoms with Gasteiger partial charge in [0.25, 0.3) is 0 Å². The molecule has 0 heterocycles. The Balaban J connectivity index is 2.73. The summed E-state index contributed by atoms with van der Waals surface area (Å²) < 4.78 is 16.0. The summed E-state index contributed by atoms with van der Waals surface area (Å²) >= 11 is 0. The molecule has 0 aliphatic rings. The lowest BCUT2D eigenvalue weighted by Gasteiger charge is -2.15. The lowest BCUT2D eigenvalue weighted by Crippen LogP contribution is -2.16. The van der Waals surface area contributed by atoms with Gasteiger partial charge in [0.1, 0.15) is 17.2 Å². The summed E-state index contributed by atoms with van der Waals surface area (Å²) in [5.74, 6) is 2.32. The second kappa shape index (κ2) is 8.64. The van der Waals surface area contributed by atoms with Crippen LogP contribution >= 0.6 is 0 Å². The lowest BCUT2D eigenvalue weighted by atomic mass is 10.1. The third kappa shape index (κ3) is 4.63. The number of ether oxygens (including phenoxy) is 3. The van der Waals surface area contributed by atoms with Crippen LogP contribution in [-0.2, 0) is 6.54 Å².